The summed E-state index contributed by atoms with van der Waals surface area (Å²) in [7, 11) is 0. The van der Waals surface area contributed by atoms with Crippen molar-refractivity contribution in [2.45, 2.75) is 70.9 Å². The molecule has 0 aromatic rings. The fourth-order valence-corrected chi connectivity index (χ4v) is 5.26. The van der Waals surface area contributed by atoms with Crippen molar-refractivity contribution in [1.82, 2.24) is 9.80 Å². The van der Waals surface area contributed by atoms with Crippen LogP contribution < -0.4 is 5.73 Å². The van der Waals surface area contributed by atoms with E-state index in [-0.39, 0.29) is 29.8 Å². The molecule has 1 saturated heterocycles. The Morgan fingerprint density at radius 3 is 2.25 bits per heavy atom. The molecule has 24 heavy (non-hydrogen) atoms. The zero-order valence-corrected chi connectivity index (χ0v) is 15.2. The number of carbonyl (C=O) groups is 2. The maximum absolute atomic E-state index is 13.2. The number of hydrogen-bond donors (Lipinski definition) is 1. The van der Waals surface area contributed by atoms with Gasteiger partial charge in [-0.1, -0.05) is 6.42 Å². The fraction of sp³-hybridized carbons (Fsp3) is 0.895. The molecule has 2 amide bonds. The average Bonchev–Trinajstić information content (AvgIpc) is 3.04. The van der Waals surface area contributed by atoms with Crippen LogP contribution in [0.2, 0.25) is 0 Å². The van der Waals surface area contributed by atoms with Crippen LogP contribution in [0.25, 0.3) is 0 Å². The van der Waals surface area contributed by atoms with E-state index in [1.165, 1.54) is 19.3 Å². The Labute approximate surface area is 145 Å². The van der Waals surface area contributed by atoms with E-state index >= 15 is 0 Å². The van der Waals surface area contributed by atoms with Crippen molar-refractivity contribution in [3.8, 4) is 0 Å². The van der Waals surface area contributed by atoms with Crippen LogP contribution in [0.15, 0.2) is 0 Å². The van der Waals surface area contributed by atoms with E-state index in [0.717, 1.165) is 45.3 Å². The van der Waals surface area contributed by atoms with E-state index in [9.17, 15) is 9.59 Å². The molecule has 3 atom stereocenters. The topological polar surface area (TPSA) is 66.6 Å². The predicted octanol–water partition coefficient (Wildman–Crippen LogP) is 2.00. The van der Waals surface area contributed by atoms with E-state index in [1.54, 1.807) is 0 Å². The molecule has 136 valence electrons. The summed E-state index contributed by atoms with van der Waals surface area (Å²) in [6, 6.07) is 0.0577. The molecule has 0 spiro atoms. The first-order chi connectivity index (χ1) is 11.6. The highest BCUT2D eigenvalue weighted by Gasteiger charge is 2.44. The van der Waals surface area contributed by atoms with E-state index < -0.39 is 0 Å². The smallest absolute Gasteiger partial charge is 0.245 e. The van der Waals surface area contributed by atoms with Crippen LogP contribution in [0.4, 0.5) is 0 Å². The first-order valence-corrected chi connectivity index (χ1v) is 9.91. The molecule has 3 unspecified atom stereocenters. The minimum absolute atomic E-state index is 0.0882. The van der Waals surface area contributed by atoms with Crippen molar-refractivity contribution < 1.29 is 9.59 Å². The third-order valence-corrected chi connectivity index (χ3v) is 6.66. The number of nitrogens with two attached hydrogens (primary N) is 1. The largest absolute Gasteiger partial charge is 0.341 e. The molecule has 0 aromatic heterocycles. The molecule has 1 aliphatic heterocycles. The van der Waals surface area contributed by atoms with E-state index in [4.69, 9.17) is 5.73 Å². The molecule has 2 bridgehead atoms. The van der Waals surface area contributed by atoms with Crippen molar-refractivity contribution in [3.63, 3.8) is 0 Å². The molecular formula is C19H33N3O2. The van der Waals surface area contributed by atoms with E-state index in [2.05, 4.69) is 0 Å². The molecule has 3 fully saturated rings. The monoisotopic (exact) mass is 335 g/mol. The Bertz CT molecular complexity index is 463. The van der Waals surface area contributed by atoms with Gasteiger partial charge in [0.2, 0.25) is 11.8 Å². The molecule has 2 saturated carbocycles. The molecule has 0 radical (unpaired) electrons. The number of amides is 2. The lowest BCUT2D eigenvalue weighted by molar-refractivity contribution is -0.147. The van der Waals surface area contributed by atoms with Gasteiger partial charge in [-0.25, -0.2) is 0 Å². The fourth-order valence-electron chi connectivity index (χ4n) is 5.26. The highest BCUT2D eigenvalue weighted by molar-refractivity contribution is 5.89. The van der Waals surface area contributed by atoms with Crippen LogP contribution in [-0.2, 0) is 9.59 Å². The van der Waals surface area contributed by atoms with Gasteiger partial charge in [-0.2, -0.15) is 0 Å². The molecule has 3 aliphatic rings. The lowest BCUT2D eigenvalue weighted by atomic mass is 9.65. The minimum Gasteiger partial charge on any atom is -0.341 e. The molecule has 5 heteroatoms. The van der Waals surface area contributed by atoms with Crippen LogP contribution in [-0.4, -0.2) is 53.3 Å². The molecule has 5 nitrogen and oxygen atoms in total. The van der Waals surface area contributed by atoms with Gasteiger partial charge in [0.25, 0.3) is 0 Å². The van der Waals surface area contributed by atoms with Crippen LogP contribution in [0.1, 0.15) is 58.8 Å². The number of hydrogen-bond acceptors (Lipinski definition) is 3. The lowest BCUT2D eigenvalue weighted by Gasteiger charge is -2.44. The minimum atomic E-state index is -0.229. The van der Waals surface area contributed by atoms with Gasteiger partial charge < -0.3 is 15.5 Å². The summed E-state index contributed by atoms with van der Waals surface area (Å²) in [5.41, 5.74) is 6.37. The Morgan fingerprint density at radius 2 is 1.67 bits per heavy atom. The number of likely N-dealkylation sites (tertiary alicyclic amines) is 1. The second kappa shape index (κ2) is 7.42. The van der Waals surface area contributed by atoms with Crippen LogP contribution >= 0.6 is 0 Å². The van der Waals surface area contributed by atoms with Gasteiger partial charge in [0.15, 0.2) is 0 Å². The number of nitrogens with zero attached hydrogens (tertiary/aromatic N) is 2. The third kappa shape index (κ3) is 3.19. The quantitative estimate of drug-likeness (QED) is 0.854. The second-order valence-corrected chi connectivity index (χ2v) is 7.90. The number of rotatable bonds is 4. The van der Waals surface area contributed by atoms with Gasteiger partial charge in [-0.3, -0.25) is 9.59 Å². The summed E-state index contributed by atoms with van der Waals surface area (Å²) in [4.78, 5) is 29.7. The van der Waals surface area contributed by atoms with Crippen molar-refractivity contribution in [2.24, 2.45) is 23.5 Å². The Kier molecular flexibility index (Phi) is 5.48. The summed E-state index contributed by atoms with van der Waals surface area (Å²) < 4.78 is 0. The Balaban J connectivity index is 1.69. The molecule has 3 rings (SSSR count). The second-order valence-electron chi connectivity index (χ2n) is 7.90. The van der Waals surface area contributed by atoms with Gasteiger partial charge in [-0.15, -0.1) is 0 Å². The van der Waals surface area contributed by atoms with Crippen molar-refractivity contribution in [2.75, 3.05) is 19.6 Å². The number of carbonyl (C=O) groups excluding carboxylic acids is 2. The van der Waals surface area contributed by atoms with Gasteiger partial charge >= 0.3 is 0 Å². The molecule has 2 aliphatic carbocycles. The lowest BCUT2D eigenvalue weighted by Crippen LogP contribution is -2.53. The normalized spacial score (nSPS) is 35.8. The molecule has 0 aromatic carbocycles. The van der Waals surface area contributed by atoms with E-state index in [0.29, 0.717) is 11.8 Å². The maximum Gasteiger partial charge on any atom is 0.245 e. The number of fused-ring (bicyclic) bond motifs is 2. The standard InChI is InChI=1S/C19H33N3O2/c1-3-21(4-2)19(24)16-9-6-10-22(16)18(23)15-11-13-7-5-8-14(12-15)17(13)20/h13-17H,3-12,20H2,1-2H3. The molecule has 2 N–H and O–H groups in total. The Hall–Kier alpha value is -1.10. The van der Waals surface area contributed by atoms with Crippen LogP contribution in [0.3, 0.4) is 0 Å². The average molecular weight is 335 g/mol. The van der Waals surface area contributed by atoms with Gasteiger partial charge in [-0.05, 0) is 64.2 Å². The first-order valence-electron chi connectivity index (χ1n) is 9.91. The third-order valence-electron chi connectivity index (χ3n) is 6.66. The highest BCUT2D eigenvalue weighted by atomic mass is 16.2. The summed E-state index contributed by atoms with van der Waals surface area (Å²) in [5, 5.41) is 0. The first kappa shape index (κ1) is 17.7. The summed E-state index contributed by atoms with van der Waals surface area (Å²) in [6.07, 6.45) is 7.23. The van der Waals surface area contributed by atoms with Gasteiger partial charge in [0.05, 0.1) is 0 Å². The van der Waals surface area contributed by atoms with Crippen LogP contribution in [0.5, 0.6) is 0 Å². The summed E-state index contributed by atoms with van der Waals surface area (Å²) in [5.74, 6) is 1.46. The zero-order valence-electron chi connectivity index (χ0n) is 15.2. The number of likely N-dealkylation sites (N-methyl/N-ethyl adjacent to an activating group) is 1. The zero-order chi connectivity index (χ0) is 17.3. The van der Waals surface area contributed by atoms with Gasteiger partial charge in [0.1, 0.15) is 6.04 Å². The maximum atomic E-state index is 13.2. The van der Waals surface area contributed by atoms with Crippen molar-refractivity contribution in [1.29, 1.82) is 0 Å². The summed E-state index contributed by atoms with van der Waals surface area (Å²) in [6.45, 7) is 6.19. The summed E-state index contributed by atoms with van der Waals surface area (Å²) >= 11 is 0. The van der Waals surface area contributed by atoms with Gasteiger partial charge in [0, 0.05) is 31.6 Å². The van der Waals surface area contributed by atoms with Crippen molar-refractivity contribution in [3.05, 3.63) is 0 Å². The van der Waals surface area contributed by atoms with Crippen molar-refractivity contribution >= 4 is 11.8 Å². The predicted molar refractivity (Wildman–Crippen MR) is 94.2 cm³/mol. The molecular weight excluding hydrogens is 302 g/mol. The SMILES string of the molecule is CCN(CC)C(=O)C1CCCN1C(=O)C1CC2CCCC(C1)C2N. The molecule has 1 heterocycles. The Morgan fingerprint density at radius 1 is 1.04 bits per heavy atom. The highest BCUT2D eigenvalue weighted by Crippen LogP contribution is 2.43. The van der Waals surface area contributed by atoms with E-state index in [1.807, 2.05) is 23.6 Å². The van der Waals surface area contributed by atoms with Crippen LogP contribution in [0, 0.1) is 17.8 Å².